The maximum atomic E-state index is 12.5. The number of aliphatic hydroxyl groups excluding tert-OH is 3. The molecule has 1 rings (SSSR count). The molecule has 0 saturated heterocycles. The Labute approximate surface area is 220 Å². The standard InChI is InChI=1S/C25H47O11P/c1-3-5-7-9-11-13-23(29)33-17-20(35-24(30)14-12-10-8-6-4-2)18-34-37(31,32)36-25-21(27)15-19(26)16-22(25)28/h19-22,25-28H,3-18H2,1-2H3,(H,31,32)/t19?,20-,21-,22-,25?/m0/s1. The van der Waals surface area contributed by atoms with E-state index in [-0.39, 0.29) is 32.3 Å². The number of hydrogen-bond acceptors (Lipinski definition) is 10. The minimum atomic E-state index is -4.80. The Morgan fingerprint density at radius 3 is 1.86 bits per heavy atom. The summed E-state index contributed by atoms with van der Waals surface area (Å²) in [7, 11) is -4.80. The molecular formula is C25H47O11P. The highest BCUT2D eigenvalue weighted by Gasteiger charge is 2.41. The van der Waals surface area contributed by atoms with Gasteiger partial charge in [-0.05, 0) is 12.8 Å². The number of phosphoric ester groups is 1. The highest BCUT2D eigenvalue weighted by molar-refractivity contribution is 7.47. The van der Waals surface area contributed by atoms with Crippen LogP contribution in [-0.2, 0) is 32.7 Å². The number of hydrogen-bond donors (Lipinski definition) is 4. The monoisotopic (exact) mass is 554 g/mol. The molecule has 11 nitrogen and oxygen atoms in total. The smallest absolute Gasteiger partial charge is 0.462 e. The number of phosphoric acid groups is 1. The molecule has 37 heavy (non-hydrogen) atoms. The van der Waals surface area contributed by atoms with Gasteiger partial charge in [0.15, 0.2) is 6.10 Å². The van der Waals surface area contributed by atoms with Crippen LogP contribution in [0.5, 0.6) is 0 Å². The SMILES string of the molecule is CCCCCCCC(=O)OC[C@@H](COP(=O)(O)OC1[C@@H](O)CC(O)C[C@@H]1O)OC(=O)CCCCCCC. The quantitative estimate of drug-likeness (QED) is 0.0986. The Kier molecular flexibility index (Phi) is 17.5. The van der Waals surface area contributed by atoms with Crippen molar-refractivity contribution >= 4 is 19.8 Å². The van der Waals surface area contributed by atoms with E-state index in [4.69, 9.17) is 18.5 Å². The summed E-state index contributed by atoms with van der Waals surface area (Å²) < 4.78 is 32.9. The number of unbranched alkanes of at least 4 members (excludes halogenated alkanes) is 8. The molecule has 4 atom stereocenters. The van der Waals surface area contributed by atoms with Crippen LogP contribution in [0.25, 0.3) is 0 Å². The van der Waals surface area contributed by atoms with Gasteiger partial charge in [0.05, 0.1) is 24.9 Å². The normalized spacial score (nSPS) is 24.3. The Morgan fingerprint density at radius 2 is 1.32 bits per heavy atom. The second kappa shape index (κ2) is 19.1. The molecule has 12 heteroatoms. The number of esters is 2. The average Bonchev–Trinajstić information content (AvgIpc) is 2.83. The largest absolute Gasteiger partial charge is 0.472 e. The summed E-state index contributed by atoms with van der Waals surface area (Å²) in [4.78, 5) is 34.5. The fourth-order valence-electron chi connectivity index (χ4n) is 4.05. The molecule has 0 heterocycles. The zero-order chi connectivity index (χ0) is 27.7. The molecular weight excluding hydrogens is 507 g/mol. The lowest BCUT2D eigenvalue weighted by Crippen LogP contribution is -2.47. The third-order valence-electron chi connectivity index (χ3n) is 6.16. The third kappa shape index (κ3) is 15.8. The van der Waals surface area contributed by atoms with E-state index >= 15 is 0 Å². The van der Waals surface area contributed by atoms with Crippen LogP contribution >= 0.6 is 7.82 Å². The summed E-state index contributed by atoms with van der Waals surface area (Å²) in [5.41, 5.74) is 0. The van der Waals surface area contributed by atoms with Gasteiger partial charge in [0, 0.05) is 25.7 Å². The van der Waals surface area contributed by atoms with Crippen LogP contribution in [0.15, 0.2) is 0 Å². The van der Waals surface area contributed by atoms with Crippen molar-refractivity contribution in [3.63, 3.8) is 0 Å². The van der Waals surface area contributed by atoms with Gasteiger partial charge in [0.25, 0.3) is 0 Å². The zero-order valence-electron chi connectivity index (χ0n) is 22.3. The Bertz CT molecular complexity index is 678. The van der Waals surface area contributed by atoms with Gasteiger partial charge in [-0.25, -0.2) is 4.57 Å². The van der Waals surface area contributed by atoms with Gasteiger partial charge in [-0.1, -0.05) is 65.2 Å². The number of rotatable bonds is 20. The summed E-state index contributed by atoms with van der Waals surface area (Å²) in [6.07, 6.45) is 3.30. The first kappa shape index (κ1) is 34.0. The summed E-state index contributed by atoms with van der Waals surface area (Å²) >= 11 is 0. The number of carbonyl (C=O) groups excluding carboxylic acids is 2. The van der Waals surface area contributed by atoms with Crippen LogP contribution in [-0.4, -0.2) is 75.9 Å². The van der Waals surface area contributed by atoms with Gasteiger partial charge in [-0.2, -0.15) is 0 Å². The first-order valence-electron chi connectivity index (χ1n) is 13.6. The van der Waals surface area contributed by atoms with Crippen LogP contribution in [0.1, 0.15) is 104 Å². The molecule has 1 fully saturated rings. The van der Waals surface area contributed by atoms with Crippen molar-refractivity contribution in [2.24, 2.45) is 0 Å². The van der Waals surface area contributed by atoms with Crippen molar-refractivity contribution in [2.75, 3.05) is 13.2 Å². The second-order valence-electron chi connectivity index (χ2n) is 9.72. The number of aliphatic hydroxyl groups is 3. The first-order valence-corrected chi connectivity index (χ1v) is 15.1. The van der Waals surface area contributed by atoms with Gasteiger partial charge in [0.1, 0.15) is 12.7 Å². The van der Waals surface area contributed by atoms with Crippen LogP contribution in [0, 0.1) is 0 Å². The van der Waals surface area contributed by atoms with E-state index < -0.39 is 56.9 Å². The topological polar surface area (TPSA) is 169 Å². The molecule has 1 unspecified atom stereocenters. The third-order valence-corrected chi connectivity index (χ3v) is 7.15. The van der Waals surface area contributed by atoms with Crippen LogP contribution in [0.2, 0.25) is 0 Å². The molecule has 0 aromatic heterocycles. The van der Waals surface area contributed by atoms with E-state index in [1.807, 2.05) is 0 Å². The van der Waals surface area contributed by atoms with Crippen LogP contribution < -0.4 is 0 Å². The van der Waals surface area contributed by atoms with E-state index in [2.05, 4.69) is 13.8 Å². The van der Waals surface area contributed by atoms with E-state index in [9.17, 15) is 34.4 Å². The Morgan fingerprint density at radius 1 is 0.811 bits per heavy atom. The summed E-state index contributed by atoms with van der Waals surface area (Å²) in [6, 6.07) is 0. The van der Waals surface area contributed by atoms with E-state index in [0.29, 0.717) is 12.8 Å². The van der Waals surface area contributed by atoms with E-state index in [0.717, 1.165) is 51.4 Å². The molecule has 4 N–H and O–H groups in total. The molecule has 1 saturated carbocycles. The second-order valence-corrected chi connectivity index (χ2v) is 11.1. The van der Waals surface area contributed by atoms with Crippen molar-refractivity contribution in [1.82, 2.24) is 0 Å². The lowest BCUT2D eigenvalue weighted by atomic mass is 9.90. The maximum absolute atomic E-state index is 12.5. The molecule has 218 valence electrons. The van der Waals surface area contributed by atoms with E-state index in [1.54, 1.807) is 0 Å². The van der Waals surface area contributed by atoms with Gasteiger partial charge in [-0.3, -0.25) is 18.6 Å². The molecule has 1 aliphatic carbocycles. The molecule has 1 aliphatic rings. The van der Waals surface area contributed by atoms with Crippen molar-refractivity contribution < 1.29 is 52.9 Å². The molecule has 0 radical (unpaired) electrons. The number of ether oxygens (including phenoxy) is 2. The lowest BCUT2D eigenvalue weighted by molar-refractivity contribution is -0.161. The molecule has 0 aliphatic heterocycles. The van der Waals surface area contributed by atoms with Gasteiger partial charge in [0.2, 0.25) is 0 Å². The van der Waals surface area contributed by atoms with Gasteiger partial charge >= 0.3 is 19.8 Å². The molecule has 0 spiro atoms. The van der Waals surface area contributed by atoms with Crippen molar-refractivity contribution in [3.05, 3.63) is 0 Å². The molecule has 0 bridgehead atoms. The zero-order valence-corrected chi connectivity index (χ0v) is 23.2. The van der Waals surface area contributed by atoms with Crippen LogP contribution in [0.3, 0.4) is 0 Å². The summed E-state index contributed by atoms with van der Waals surface area (Å²) in [5.74, 6) is -1.01. The highest BCUT2D eigenvalue weighted by Crippen LogP contribution is 2.47. The van der Waals surface area contributed by atoms with E-state index in [1.165, 1.54) is 0 Å². The van der Waals surface area contributed by atoms with Crippen molar-refractivity contribution in [2.45, 2.75) is 134 Å². The molecule has 0 aromatic carbocycles. The van der Waals surface area contributed by atoms with Gasteiger partial charge < -0.3 is 29.7 Å². The van der Waals surface area contributed by atoms with Crippen LogP contribution in [0.4, 0.5) is 0 Å². The average molecular weight is 555 g/mol. The Hall–Kier alpha value is -1.07. The number of carbonyl (C=O) groups is 2. The molecule has 0 amide bonds. The molecule has 0 aromatic rings. The minimum Gasteiger partial charge on any atom is -0.462 e. The maximum Gasteiger partial charge on any atom is 0.472 e. The summed E-state index contributed by atoms with van der Waals surface area (Å²) in [6.45, 7) is 3.24. The predicted molar refractivity (Wildman–Crippen MR) is 135 cm³/mol. The first-order chi connectivity index (χ1) is 17.6. The van der Waals surface area contributed by atoms with Crippen molar-refractivity contribution in [1.29, 1.82) is 0 Å². The fourth-order valence-corrected chi connectivity index (χ4v) is 5.05. The highest BCUT2D eigenvalue weighted by atomic mass is 31.2. The Balaban J connectivity index is 2.61. The minimum absolute atomic E-state index is 0.130. The van der Waals surface area contributed by atoms with Gasteiger partial charge in [-0.15, -0.1) is 0 Å². The lowest BCUT2D eigenvalue weighted by Gasteiger charge is -2.35. The predicted octanol–water partition coefficient (Wildman–Crippen LogP) is 3.54. The summed E-state index contributed by atoms with van der Waals surface area (Å²) in [5, 5.41) is 29.6. The van der Waals surface area contributed by atoms with Crippen molar-refractivity contribution in [3.8, 4) is 0 Å². The fraction of sp³-hybridized carbons (Fsp3) is 0.920.